The Hall–Kier alpha value is -2.87. The van der Waals surface area contributed by atoms with Gasteiger partial charge in [0.15, 0.2) is 8.32 Å². The molecule has 3 aromatic carbocycles. The Balaban J connectivity index is 1.53. The van der Waals surface area contributed by atoms with E-state index >= 15 is 0 Å². The number of para-hydroxylation sites is 1. The summed E-state index contributed by atoms with van der Waals surface area (Å²) in [5.41, 5.74) is 0. The maximum Gasteiger partial charge on any atom is 0.228 e. The van der Waals surface area contributed by atoms with Crippen molar-refractivity contribution in [3.63, 3.8) is 0 Å². The summed E-state index contributed by atoms with van der Waals surface area (Å²) >= 11 is 0. The summed E-state index contributed by atoms with van der Waals surface area (Å²) in [6, 6.07) is 26.7. The van der Waals surface area contributed by atoms with Crippen LogP contribution in [0, 0.1) is 0 Å². The fraction of sp³-hybridized carbons (Fsp3) is 0.185. The van der Waals surface area contributed by atoms with Gasteiger partial charge in [-0.3, -0.25) is 0 Å². The minimum absolute atomic E-state index is 0.832. The van der Waals surface area contributed by atoms with Gasteiger partial charge in [0.2, 0.25) is 9.04 Å². The normalized spacial score (nSPS) is 14.5. The second kappa shape index (κ2) is 10.2. The highest BCUT2D eigenvalue weighted by molar-refractivity contribution is 6.88. The molecule has 1 aliphatic carbocycles. The van der Waals surface area contributed by atoms with Gasteiger partial charge in [-0.1, -0.05) is 48.5 Å². The van der Waals surface area contributed by atoms with Gasteiger partial charge in [-0.2, -0.15) is 0 Å². The molecule has 0 saturated heterocycles. The van der Waals surface area contributed by atoms with Crippen molar-refractivity contribution < 1.29 is 13.6 Å². The Morgan fingerprint density at radius 2 is 1.22 bits per heavy atom. The maximum absolute atomic E-state index is 6.73. The third kappa shape index (κ3) is 6.32. The summed E-state index contributed by atoms with van der Waals surface area (Å²) in [6.07, 6.45) is 8.45. The average molecular weight is 459 g/mol. The first-order valence-corrected chi connectivity index (χ1v) is 16.1. The van der Waals surface area contributed by atoms with Gasteiger partial charge < -0.3 is 13.6 Å². The summed E-state index contributed by atoms with van der Waals surface area (Å²) in [7, 11) is -3.55. The average Bonchev–Trinajstić information content (AvgIpc) is 2.80. The van der Waals surface area contributed by atoms with E-state index in [1.165, 1.54) is 10.4 Å². The number of allylic oxidation sites excluding steroid dienone is 3. The molecule has 0 N–H and O–H groups in total. The topological polar surface area (TPSA) is 27.7 Å². The van der Waals surface area contributed by atoms with E-state index in [1.54, 1.807) is 0 Å². The molecule has 0 aromatic heterocycles. The highest BCUT2D eigenvalue weighted by Crippen LogP contribution is 2.21. The molecule has 1 aliphatic rings. The van der Waals surface area contributed by atoms with Crippen LogP contribution >= 0.6 is 0 Å². The van der Waals surface area contributed by atoms with Crippen LogP contribution in [0.5, 0.6) is 17.2 Å². The second-order valence-electron chi connectivity index (χ2n) is 8.85. The number of benzene rings is 3. The van der Waals surface area contributed by atoms with Gasteiger partial charge in [0.05, 0.1) is 0 Å². The van der Waals surface area contributed by atoms with Gasteiger partial charge in [0.25, 0.3) is 0 Å². The first-order chi connectivity index (χ1) is 15.5. The second-order valence-corrected chi connectivity index (χ2v) is 16.1. The van der Waals surface area contributed by atoms with Gasteiger partial charge in [0.1, 0.15) is 23.0 Å². The van der Waals surface area contributed by atoms with Gasteiger partial charge >= 0.3 is 0 Å². The molecule has 3 aromatic rings. The lowest BCUT2D eigenvalue weighted by Gasteiger charge is -2.26. The number of hydrogen-bond acceptors (Lipinski definition) is 3. The molecular weight excluding hydrogens is 428 g/mol. The van der Waals surface area contributed by atoms with E-state index in [9.17, 15) is 0 Å². The molecule has 164 valence electrons. The molecule has 0 heterocycles. The molecule has 0 fully saturated rings. The van der Waals surface area contributed by atoms with Gasteiger partial charge in [0, 0.05) is 0 Å². The smallest absolute Gasteiger partial charge is 0.228 e. The van der Waals surface area contributed by atoms with E-state index in [-0.39, 0.29) is 0 Å². The Morgan fingerprint density at radius 3 is 1.75 bits per heavy atom. The van der Waals surface area contributed by atoms with Gasteiger partial charge in [-0.25, -0.2) is 0 Å². The zero-order valence-electron chi connectivity index (χ0n) is 19.0. The van der Waals surface area contributed by atoms with Crippen molar-refractivity contribution in [3.05, 3.63) is 103 Å². The minimum Gasteiger partial charge on any atom is -0.458 e. The molecule has 5 heteroatoms. The summed E-state index contributed by atoms with van der Waals surface area (Å²) in [4.78, 5) is 0. The third-order valence-electron chi connectivity index (χ3n) is 5.01. The highest BCUT2D eigenvalue weighted by Gasteiger charge is 2.25. The quantitative estimate of drug-likeness (QED) is 0.400. The summed E-state index contributed by atoms with van der Waals surface area (Å²) in [6.45, 7) is 6.75. The van der Waals surface area contributed by atoms with Crippen molar-refractivity contribution in [1.29, 1.82) is 0 Å². The van der Waals surface area contributed by atoms with E-state index < -0.39 is 17.4 Å². The molecule has 0 radical (unpaired) electrons. The van der Waals surface area contributed by atoms with Crippen molar-refractivity contribution in [3.8, 4) is 17.2 Å². The van der Waals surface area contributed by atoms with Crippen LogP contribution in [0.15, 0.2) is 103 Å². The fourth-order valence-corrected chi connectivity index (χ4v) is 8.92. The Bertz CT molecular complexity index is 1070. The maximum atomic E-state index is 6.73. The lowest BCUT2D eigenvalue weighted by atomic mass is 10.2. The molecular formula is C27H30O3Si2. The van der Waals surface area contributed by atoms with Gasteiger partial charge in [-0.15, -0.1) is 0 Å². The predicted molar refractivity (Wildman–Crippen MR) is 137 cm³/mol. The standard InChI is InChI=1S/C27H30O3Si2/c1-32(2,3)30-31(26-18-14-24(15-19-26)28-22-10-6-4-7-11-22)27-20-16-25(17-21-27)29-23-12-8-5-9-13-23/h4,6-8,10-21,31H,5,9H2,1-3H3. The van der Waals surface area contributed by atoms with Crippen molar-refractivity contribution >= 4 is 27.7 Å². The molecule has 3 nitrogen and oxygen atoms in total. The lowest BCUT2D eigenvalue weighted by molar-refractivity contribution is 0.439. The molecule has 0 aliphatic heterocycles. The van der Waals surface area contributed by atoms with Crippen LogP contribution < -0.4 is 19.8 Å². The molecule has 32 heavy (non-hydrogen) atoms. The Kier molecular flexibility index (Phi) is 7.10. The van der Waals surface area contributed by atoms with Crippen molar-refractivity contribution in [2.24, 2.45) is 0 Å². The van der Waals surface area contributed by atoms with Crippen LogP contribution in [-0.2, 0) is 4.12 Å². The highest BCUT2D eigenvalue weighted by atomic mass is 28.4. The molecule has 0 saturated carbocycles. The predicted octanol–water partition coefficient (Wildman–Crippen LogP) is 5.78. The van der Waals surface area contributed by atoms with Crippen LogP contribution in [0.25, 0.3) is 0 Å². The lowest BCUT2D eigenvalue weighted by Crippen LogP contribution is -2.50. The van der Waals surface area contributed by atoms with E-state index in [0.717, 1.165) is 35.8 Å². The summed E-state index contributed by atoms with van der Waals surface area (Å²) in [5.74, 6) is 3.45. The molecule has 4 rings (SSSR count). The largest absolute Gasteiger partial charge is 0.458 e. The molecule has 0 bridgehead atoms. The summed E-state index contributed by atoms with van der Waals surface area (Å²) < 4.78 is 18.7. The first kappa shape index (κ1) is 22.3. The number of ether oxygens (including phenoxy) is 2. The van der Waals surface area contributed by atoms with E-state index in [1.807, 2.05) is 48.5 Å². The van der Waals surface area contributed by atoms with Crippen LogP contribution in [-0.4, -0.2) is 17.4 Å². The molecule has 0 spiro atoms. The number of rotatable bonds is 8. The molecule has 0 amide bonds. The fourth-order valence-electron chi connectivity index (χ4n) is 3.53. The van der Waals surface area contributed by atoms with E-state index in [2.05, 4.69) is 68.2 Å². The zero-order valence-corrected chi connectivity index (χ0v) is 21.1. The van der Waals surface area contributed by atoms with Crippen LogP contribution in [0.2, 0.25) is 19.6 Å². The van der Waals surface area contributed by atoms with Crippen molar-refractivity contribution in [2.45, 2.75) is 32.5 Å². The van der Waals surface area contributed by atoms with Crippen molar-refractivity contribution in [2.75, 3.05) is 0 Å². The molecule has 1 atom stereocenters. The molecule has 1 unspecified atom stereocenters. The van der Waals surface area contributed by atoms with E-state index in [4.69, 9.17) is 13.6 Å². The Labute approximate surface area is 193 Å². The van der Waals surface area contributed by atoms with Crippen LogP contribution in [0.3, 0.4) is 0 Å². The Morgan fingerprint density at radius 1 is 0.656 bits per heavy atom. The zero-order chi connectivity index (χ0) is 22.4. The summed E-state index contributed by atoms with van der Waals surface area (Å²) in [5, 5.41) is 2.50. The minimum atomic E-state index is -1.82. The monoisotopic (exact) mass is 458 g/mol. The third-order valence-corrected chi connectivity index (χ3v) is 10.8. The SMILES string of the molecule is C[Si](C)(C)O[SiH](c1ccc(OC2=CCCC=C2)cc1)c1ccc(Oc2ccccc2)cc1. The number of hydrogen-bond donors (Lipinski definition) is 0. The first-order valence-electron chi connectivity index (χ1n) is 11.1. The van der Waals surface area contributed by atoms with Gasteiger partial charge in [-0.05, 0) is 91.4 Å². The van der Waals surface area contributed by atoms with Crippen LogP contribution in [0.4, 0.5) is 0 Å². The van der Waals surface area contributed by atoms with E-state index in [0.29, 0.717) is 0 Å². The van der Waals surface area contributed by atoms with Crippen LogP contribution in [0.1, 0.15) is 12.8 Å². The van der Waals surface area contributed by atoms with Crippen molar-refractivity contribution in [1.82, 2.24) is 0 Å².